The standard InChI is InChI=1S/C7H17NOSi2/c1-6-7(9)8(10(2)3)11(4)5/h6H2,1-5H3. The molecular weight excluding hydrogens is 170 g/mol. The van der Waals surface area contributed by atoms with Gasteiger partial charge in [0.1, 0.15) is 0 Å². The second-order valence-electron chi connectivity index (χ2n) is 2.98. The van der Waals surface area contributed by atoms with Crippen LogP contribution in [0.15, 0.2) is 0 Å². The molecule has 11 heavy (non-hydrogen) atoms. The van der Waals surface area contributed by atoms with Gasteiger partial charge in [-0.15, -0.1) is 0 Å². The van der Waals surface area contributed by atoms with Gasteiger partial charge in [-0.2, -0.15) is 0 Å². The van der Waals surface area contributed by atoms with E-state index in [1.54, 1.807) is 0 Å². The third-order valence-electron chi connectivity index (χ3n) is 1.45. The van der Waals surface area contributed by atoms with Gasteiger partial charge < -0.3 is 4.23 Å². The Bertz CT molecular complexity index is 128. The zero-order valence-corrected chi connectivity index (χ0v) is 10.1. The SMILES string of the molecule is CCC(=O)N([Si](C)C)[Si](C)C. The number of rotatable bonds is 3. The molecule has 0 fully saturated rings. The van der Waals surface area contributed by atoms with Gasteiger partial charge in [0.25, 0.3) is 0 Å². The van der Waals surface area contributed by atoms with Gasteiger partial charge in [-0.25, -0.2) is 0 Å². The van der Waals surface area contributed by atoms with E-state index >= 15 is 0 Å². The minimum atomic E-state index is -0.555. The number of hydrogen-bond donors (Lipinski definition) is 0. The van der Waals surface area contributed by atoms with Crippen molar-refractivity contribution < 1.29 is 4.79 Å². The lowest BCUT2D eigenvalue weighted by Gasteiger charge is -2.28. The number of carbonyl (C=O) groups excluding carboxylic acids is 1. The van der Waals surface area contributed by atoms with Gasteiger partial charge in [-0.3, -0.25) is 4.79 Å². The molecule has 2 nitrogen and oxygen atoms in total. The molecule has 0 aliphatic carbocycles. The molecule has 0 rings (SSSR count). The van der Waals surface area contributed by atoms with Crippen LogP contribution in [0, 0.1) is 0 Å². The first-order chi connectivity index (χ1) is 5.00. The third kappa shape index (κ3) is 3.20. The second-order valence-corrected chi connectivity index (χ2v) is 8.11. The molecular formula is C7H17NOSi2. The maximum Gasteiger partial charge on any atom is 0.206 e. The Morgan fingerprint density at radius 1 is 1.18 bits per heavy atom. The highest BCUT2D eigenvalue weighted by atomic mass is 28.3. The molecule has 0 aromatic carbocycles. The molecule has 0 aliphatic heterocycles. The van der Waals surface area contributed by atoms with Crippen LogP contribution in [0.4, 0.5) is 0 Å². The molecule has 2 radical (unpaired) electrons. The lowest BCUT2D eigenvalue weighted by atomic mass is 10.5. The van der Waals surface area contributed by atoms with Crippen LogP contribution in [-0.2, 0) is 4.79 Å². The lowest BCUT2D eigenvalue weighted by molar-refractivity contribution is -0.123. The first kappa shape index (κ1) is 10.9. The summed E-state index contributed by atoms with van der Waals surface area (Å²) >= 11 is 0. The van der Waals surface area contributed by atoms with Crippen LogP contribution in [0.3, 0.4) is 0 Å². The quantitative estimate of drug-likeness (QED) is 0.616. The summed E-state index contributed by atoms with van der Waals surface area (Å²) in [4.78, 5) is 11.4. The highest BCUT2D eigenvalue weighted by molar-refractivity contribution is 6.73. The summed E-state index contributed by atoms with van der Waals surface area (Å²) in [7, 11) is -1.11. The van der Waals surface area contributed by atoms with Crippen molar-refractivity contribution in [3.8, 4) is 0 Å². The first-order valence-electron chi connectivity index (χ1n) is 3.94. The zero-order valence-electron chi connectivity index (χ0n) is 8.06. The van der Waals surface area contributed by atoms with E-state index in [0.717, 1.165) is 0 Å². The maximum atomic E-state index is 11.4. The van der Waals surface area contributed by atoms with E-state index in [2.05, 4.69) is 30.4 Å². The summed E-state index contributed by atoms with van der Waals surface area (Å²) in [5, 5.41) is 0. The molecule has 0 aromatic rings. The minimum Gasteiger partial charge on any atom is -0.396 e. The van der Waals surface area contributed by atoms with Crippen LogP contribution in [0.25, 0.3) is 0 Å². The van der Waals surface area contributed by atoms with Crippen LogP contribution in [0.5, 0.6) is 0 Å². The molecule has 0 heterocycles. The van der Waals surface area contributed by atoms with Gasteiger partial charge >= 0.3 is 0 Å². The van der Waals surface area contributed by atoms with Gasteiger partial charge in [-0.1, -0.05) is 33.1 Å². The highest BCUT2D eigenvalue weighted by Crippen LogP contribution is 2.02. The molecule has 0 bridgehead atoms. The van der Waals surface area contributed by atoms with Crippen LogP contribution in [-0.4, -0.2) is 28.1 Å². The molecule has 64 valence electrons. The van der Waals surface area contributed by atoms with E-state index in [1.165, 1.54) is 0 Å². The molecule has 0 saturated heterocycles. The molecule has 1 amide bonds. The predicted molar refractivity (Wildman–Crippen MR) is 52.1 cm³/mol. The minimum absolute atomic E-state index is 0.336. The fourth-order valence-electron chi connectivity index (χ4n) is 1.10. The van der Waals surface area contributed by atoms with Crippen LogP contribution in [0.2, 0.25) is 26.2 Å². The Kier molecular flexibility index (Phi) is 4.67. The number of hydrogen-bond acceptors (Lipinski definition) is 1. The average Bonchev–Trinajstić information content (AvgIpc) is 1.85. The van der Waals surface area contributed by atoms with Gasteiger partial charge in [0.05, 0.1) is 0 Å². The van der Waals surface area contributed by atoms with Crippen molar-refractivity contribution in [2.75, 3.05) is 0 Å². The Morgan fingerprint density at radius 2 is 1.55 bits per heavy atom. The number of nitrogens with zero attached hydrogens (tertiary/aromatic N) is 1. The lowest BCUT2D eigenvalue weighted by Crippen LogP contribution is -2.47. The van der Waals surface area contributed by atoms with E-state index in [9.17, 15) is 4.79 Å². The van der Waals surface area contributed by atoms with Crippen molar-refractivity contribution in [1.29, 1.82) is 0 Å². The molecule has 0 N–H and O–H groups in total. The van der Waals surface area contributed by atoms with Crippen molar-refractivity contribution >= 4 is 23.8 Å². The van der Waals surface area contributed by atoms with E-state index < -0.39 is 17.9 Å². The van der Waals surface area contributed by atoms with E-state index in [1.807, 2.05) is 6.92 Å². The number of carbonyl (C=O) groups is 1. The molecule has 0 aliphatic rings. The van der Waals surface area contributed by atoms with Crippen molar-refractivity contribution in [3.63, 3.8) is 0 Å². The molecule has 0 saturated carbocycles. The van der Waals surface area contributed by atoms with Gasteiger partial charge in [0.15, 0.2) is 17.9 Å². The summed E-state index contributed by atoms with van der Waals surface area (Å²) in [6.07, 6.45) is 0.658. The summed E-state index contributed by atoms with van der Waals surface area (Å²) in [5.74, 6) is 0.336. The average molecular weight is 187 g/mol. The first-order valence-corrected chi connectivity index (χ1v) is 8.83. The normalized spacial score (nSPS) is 10.8. The summed E-state index contributed by atoms with van der Waals surface area (Å²) in [6.45, 7) is 10.6. The van der Waals surface area contributed by atoms with Crippen molar-refractivity contribution in [3.05, 3.63) is 0 Å². The van der Waals surface area contributed by atoms with Crippen molar-refractivity contribution in [2.24, 2.45) is 0 Å². The van der Waals surface area contributed by atoms with Crippen LogP contribution in [0.1, 0.15) is 13.3 Å². The zero-order chi connectivity index (χ0) is 9.02. The Labute approximate surface area is 73.0 Å². The van der Waals surface area contributed by atoms with Crippen molar-refractivity contribution in [2.45, 2.75) is 39.5 Å². The molecule has 4 heteroatoms. The van der Waals surface area contributed by atoms with Gasteiger partial charge in [0.2, 0.25) is 5.91 Å². The summed E-state index contributed by atoms with van der Waals surface area (Å²) < 4.78 is 2.12. The Balaban J connectivity index is 4.22. The fraction of sp³-hybridized carbons (Fsp3) is 0.857. The molecule has 0 unspecified atom stereocenters. The Morgan fingerprint density at radius 3 is 1.64 bits per heavy atom. The summed E-state index contributed by atoms with van der Waals surface area (Å²) in [6, 6.07) is 0. The van der Waals surface area contributed by atoms with Crippen molar-refractivity contribution in [1.82, 2.24) is 4.23 Å². The largest absolute Gasteiger partial charge is 0.396 e. The third-order valence-corrected chi connectivity index (χ3v) is 6.42. The van der Waals surface area contributed by atoms with E-state index in [-0.39, 0.29) is 0 Å². The monoisotopic (exact) mass is 187 g/mol. The van der Waals surface area contributed by atoms with Crippen LogP contribution >= 0.6 is 0 Å². The second kappa shape index (κ2) is 4.72. The van der Waals surface area contributed by atoms with Gasteiger partial charge in [0, 0.05) is 6.42 Å². The molecule has 0 spiro atoms. The highest BCUT2D eigenvalue weighted by Gasteiger charge is 2.19. The summed E-state index contributed by atoms with van der Waals surface area (Å²) in [5.41, 5.74) is 0. The predicted octanol–water partition coefficient (Wildman–Crippen LogP) is 1.73. The number of amides is 1. The van der Waals surface area contributed by atoms with E-state index in [4.69, 9.17) is 0 Å². The maximum absolute atomic E-state index is 11.4. The van der Waals surface area contributed by atoms with E-state index in [0.29, 0.717) is 12.3 Å². The molecule has 0 aromatic heterocycles. The smallest absolute Gasteiger partial charge is 0.206 e. The Hall–Kier alpha value is -0.0962. The fourth-order valence-corrected chi connectivity index (χ4v) is 6.00. The van der Waals surface area contributed by atoms with Gasteiger partial charge in [-0.05, 0) is 0 Å². The molecule has 0 atom stereocenters. The van der Waals surface area contributed by atoms with Crippen LogP contribution < -0.4 is 0 Å². The topological polar surface area (TPSA) is 20.3 Å².